The number of nitrogens with zero attached hydrogens (tertiary/aromatic N) is 9. The van der Waals surface area contributed by atoms with Crippen molar-refractivity contribution in [1.29, 1.82) is 0 Å². The maximum Gasteiger partial charge on any atom is 0.408 e. The molecular formula is C53H79Cl2N11O8. The first-order valence-electron chi connectivity index (χ1n) is 25.5. The Morgan fingerprint density at radius 3 is 1.58 bits per heavy atom. The number of carbonyl (C=O) groups is 3. The summed E-state index contributed by atoms with van der Waals surface area (Å²) in [6.07, 6.45) is 22.2. The largest absolute Gasteiger partial charge is 0.461 e. The zero-order valence-electron chi connectivity index (χ0n) is 44.6. The van der Waals surface area contributed by atoms with Crippen LogP contribution in [-0.2, 0) is 41.4 Å². The zero-order valence-corrected chi connectivity index (χ0v) is 46.1. The van der Waals surface area contributed by atoms with E-state index in [0.29, 0.717) is 39.7 Å². The average Bonchev–Trinajstić information content (AvgIpc) is 3.32. The molecule has 4 aromatic heterocycles. The van der Waals surface area contributed by atoms with E-state index in [2.05, 4.69) is 71.0 Å². The molecule has 3 aliphatic rings. The van der Waals surface area contributed by atoms with Gasteiger partial charge in [-0.1, -0.05) is 82.5 Å². The Morgan fingerprint density at radius 1 is 0.676 bits per heavy atom. The molecule has 3 aliphatic carbocycles. The van der Waals surface area contributed by atoms with Crippen molar-refractivity contribution in [1.82, 2.24) is 45.2 Å². The molecule has 4 N–H and O–H groups in total. The predicted molar refractivity (Wildman–Crippen MR) is 283 cm³/mol. The number of aryl methyl sites for hydroxylation is 2. The Hall–Kier alpha value is -5.59. The van der Waals surface area contributed by atoms with Gasteiger partial charge in [0.1, 0.15) is 33.6 Å². The summed E-state index contributed by atoms with van der Waals surface area (Å²) in [6, 6.07) is 7.53. The number of aliphatic hydroxyl groups excluding tert-OH is 1. The van der Waals surface area contributed by atoms with Gasteiger partial charge in [0.2, 0.25) is 12.2 Å². The third kappa shape index (κ3) is 31.2. The van der Waals surface area contributed by atoms with Crippen molar-refractivity contribution in [2.45, 2.75) is 195 Å². The highest BCUT2D eigenvalue weighted by Gasteiger charge is 2.29. The topological polar surface area (TPSA) is 270 Å². The van der Waals surface area contributed by atoms with Gasteiger partial charge in [-0.05, 0) is 116 Å². The molecule has 0 radical (unpaired) electrons. The molecule has 0 spiro atoms. The second kappa shape index (κ2) is 37.2. The Balaban J connectivity index is 0.000000326. The van der Waals surface area contributed by atoms with E-state index in [9.17, 15) is 24.3 Å². The molecule has 408 valence electrons. The number of amides is 1. The van der Waals surface area contributed by atoms with E-state index < -0.39 is 30.2 Å². The number of isocyanates is 1. The number of esters is 2. The van der Waals surface area contributed by atoms with Gasteiger partial charge in [0.25, 0.3) is 0 Å². The van der Waals surface area contributed by atoms with Gasteiger partial charge in [-0.3, -0.25) is 0 Å². The van der Waals surface area contributed by atoms with E-state index in [1.54, 1.807) is 96.1 Å². The number of rotatable bonds is 11. The molecule has 8 unspecified atom stereocenters. The number of aliphatic hydroxyl groups is 1. The molecular weight excluding hydrogens is 990 g/mol. The first-order chi connectivity index (χ1) is 35.2. The van der Waals surface area contributed by atoms with Crippen LogP contribution in [0.25, 0.3) is 0 Å². The number of carbonyl (C=O) groups excluding carboxylic acids is 4. The van der Waals surface area contributed by atoms with Crippen molar-refractivity contribution in [3.05, 3.63) is 95.1 Å². The molecule has 0 aliphatic heterocycles. The molecule has 3 saturated carbocycles. The number of ether oxygens (including phenoxy) is 3. The van der Waals surface area contributed by atoms with Crippen molar-refractivity contribution in [2.75, 3.05) is 0 Å². The number of halogens is 2. The van der Waals surface area contributed by atoms with Crippen LogP contribution in [0.2, 0.25) is 10.3 Å². The second-order valence-electron chi connectivity index (χ2n) is 19.3. The molecule has 0 saturated heterocycles. The summed E-state index contributed by atoms with van der Waals surface area (Å²) in [6.45, 7) is 17.2. The van der Waals surface area contributed by atoms with Gasteiger partial charge in [-0.15, -0.1) is 0 Å². The summed E-state index contributed by atoms with van der Waals surface area (Å²) in [4.78, 5) is 80.6. The maximum atomic E-state index is 12.3. The summed E-state index contributed by atoms with van der Waals surface area (Å²) in [5.41, 5.74) is 5.73. The van der Waals surface area contributed by atoms with Crippen LogP contribution in [0.1, 0.15) is 149 Å². The third-order valence-electron chi connectivity index (χ3n) is 11.3. The molecule has 21 heteroatoms. The van der Waals surface area contributed by atoms with E-state index in [-0.39, 0.29) is 37.1 Å². The lowest BCUT2D eigenvalue weighted by molar-refractivity contribution is -0.158. The number of nitrogens with one attached hydrogen (secondary N) is 1. The molecule has 74 heavy (non-hydrogen) atoms. The van der Waals surface area contributed by atoms with Crippen molar-refractivity contribution in [3.8, 4) is 0 Å². The van der Waals surface area contributed by atoms with Gasteiger partial charge in [-0.25, -0.2) is 64.0 Å². The highest BCUT2D eigenvalue weighted by molar-refractivity contribution is 6.33. The van der Waals surface area contributed by atoms with Crippen LogP contribution >= 0.6 is 23.2 Å². The predicted octanol–water partition coefficient (Wildman–Crippen LogP) is 9.28. The number of aliphatic imine (C=N–C) groups is 1. The van der Waals surface area contributed by atoms with E-state index in [4.69, 9.17) is 43.1 Å². The molecule has 8 atom stereocenters. The average molecular weight is 1070 g/mol. The quantitative estimate of drug-likeness (QED) is 0.0415. The zero-order chi connectivity index (χ0) is 54.8. The third-order valence-corrected chi connectivity index (χ3v) is 11.7. The summed E-state index contributed by atoms with van der Waals surface area (Å²) in [5, 5.41) is 13.1. The molecule has 7 rings (SSSR count). The first-order valence-corrected chi connectivity index (χ1v) is 26.3. The molecule has 0 bridgehead atoms. The normalized spacial score (nSPS) is 20.5. The first kappa shape index (κ1) is 64.5. The van der Waals surface area contributed by atoms with E-state index in [0.717, 1.165) is 49.8 Å². The van der Waals surface area contributed by atoms with Crippen molar-refractivity contribution < 1.29 is 38.5 Å². The monoisotopic (exact) mass is 1070 g/mol. The molecule has 19 nitrogen and oxygen atoms in total. The fourth-order valence-corrected chi connectivity index (χ4v) is 8.43. The summed E-state index contributed by atoms with van der Waals surface area (Å²) in [7, 11) is 0. The van der Waals surface area contributed by atoms with Crippen LogP contribution in [0.3, 0.4) is 0 Å². The molecule has 0 aromatic carbocycles. The highest BCUT2D eigenvalue weighted by atomic mass is 35.5. The lowest BCUT2D eigenvalue weighted by Gasteiger charge is -2.27. The van der Waals surface area contributed by atoms with E-state index in [1.165, 1.54) is 51.0 Å². The van der Waals surface area contributed by atoms with Gasteiger partial charge >= 0.3 is 18.0 Å². The minimum Gasteiger partial charge on any atom is -0.461 e. The number of hydrogen-bond donors (Lipinski definition) is 3. The second-order valence-corrected chi connectivity index (χ2v) is 20.0. The van der Waals surface area contributed by atoms with Gasteiger partial charge in [-0.2, -0.15) is 0 Å². The van der Waals surface area contributed by atoms with E-state index in [1.807, 2.05) is 6.92 Å². The minimum atomic E-state index is -1.20. The van der Waals surface area contributed by atoms with Crippen molar-refractivity contribution >= 4 is 47.3 Å². The summed E-state index contributed by atoms with van der Waals surface area (Å²) in [5.74, 6) is 3.24. The van der Waals surface area contributed by atoms with Gasteiger partial charge in [0, 0.05) is 61.8 Å². The summed E-state index contributed by atoms with van der Waals surface area (Å²) >= 11 is 11.0. The van der Waals surface area contributed by atoms with Crippen LogP contribution in [0.5, 0.6) is 0 Å². The number of aromatic nitrogens is 8. The fourth-order valence-electron chi connectivity index (χ4n) is 7.93. The Morgan fingerprint density at radius 2 is 1.15 bits per heavy atom. The molecule has 1 amide bonds. The van der Waals surface area contributed by atoms with Gasteiger partial charge in [0.15, 0.2) is 6.10 Å². The molecule has 4 heterocycles. The van der Waals surface area contributed by atoms with Crippen molar-refractivity contribution in [2.24, 2.45) is 28.5 Å². The lowest BCUT2D eigenvalue weighted by Crippen LogP contribution is -2.42. The Bertz CT molecular complexity index is 2160. The van der Waals surface area contributed by atoms with Crippen LogP contribution < -0.4 is 11.1 Å². The Kier molecular flexibility index (Phi) is 32.4. The number of hydrogen-bond acceptors (Lipinski definition) is 18. The summed E-state index contributed by atoms with van der Waals surface area (Å²) < 4.78 is 15.4. The van der Waals surface area contributed by atoms with Gasteiger partial charge in [0.05, 0.1) is 24.7 Å². The van der Waals surface area contributed by atoms with Crippen LogP contribution in [0.4, 0.5) is 4.79 Å². The smallest absolute Gasteiger partial charge is 0.408 e. The van der Waals surface area contributed by atoms with Crippen LogP contribution in [0, 0.1) is 31.6 Å². The molecule has 4 aromatic rings. The Labute approximate surface area is 447 Å². The van der Waals surface area contributed by atoms with E-state index >= 15 is 0 Å². The van der Waals surface area contributed by atoms with Crippen molar-refractivity contribution in [3.63, 3.8) is 0 Å². The van der Waals surface area contributed by atoms with Crippen LogP contribution in [-0.4, -0.2) is 112 Å². The number of alkyl carbamates (subject to hydrolysis) is 1. The lowest BCUT2D eigenvalue weighted by atomic mass is 9.87. The highest BCUT2D eigenvalue weighted by Crippen LogP contribution is 2.26. The molecule has 3 fully saturated rings. The standard InChI is InChI=1S/C18H27N3O4.C10H14N2O3.C8H13NO.C7H15N.C5H4Cl2N2.C5H6N2/c1-12(2)24-17(22)15(11-16-19-8-5-9-20-16)25-18(23)21-14-7-4-6-13(3)10-14;1-7(2)15-10(14)8(13)6-9-11-4-3-5-12-9;1-7-3-2-4-8(5-7)9-6-10;1-6-3-2-4-7(8)5-6;1-3-8-4(6)2-5(7)9-3;1-5-6-3-2-4-7-5/h5,8-9,12-15H,4,6-7,10-11H2,1-3H3,(H,21,23);3-5,7-8,13H,6H2,1-2H3;7-8H,2-5H2,1H3;6-7H,2-5,8H2,1H3;2H,1H3;2-4H,1H3. The number of nitrogens with two attached hydrogens (primary N) is 1. The fraction of sp³-hybridized carbons (Fsp3) is 0.623. The van der Waals surface area contributed by atoms with Gasteiger partial charge < -0.3 is 30.4 Å². The SMILES string of the molecule is CC(C)OC(=O)C(O)Cc1ncccn1.CC1CCCC(N)C1.CC1CCCC(N=C=O)C1.CC1CCCC(NC(=O)OC(Cc2ncccn2)C(=O)OC(C)C)C1.Cc1nc(Cl)cc(Cl)n1.Cc1ncccn1. The minimum absolute atomic E-state index is 0.0758. The maximum absolute atomic E-state index is 12.3. The van der Waals surface area contributed by atoms with Crippen LogP contribution in [0.15, 0.2) is 66.4 Å².